The number of fused-ring (bicyclic) bond motifs is 1. The zero-order valence-electron chi connectivity index (χ0n) is 19.4. The van der Waals surface area contributed by atoms with Crippen molar-refractivity contribution in [2.24, 2.45) is 5.73 Å². The molecule has 0 saturated carbocycles. The molecule has 3 aromatic rings. The number of methoxy groups -OCH3 is 1. The Morgan fingerprint density at radius 1 is 1.18 bits per heavy atom. The molecule has 4 rings (SSSR count). The van der Waals surface area contributed by atoms with Crippen molar-refractivity contribution >= 4 is 29.3 Å². The van der Waals surface area contributed by atoms with Gasteiger partial charge in [0, 0.05) is 18.7 Å². The molecule has 10 nitrogen and oxygen atoms in total. The van der Waals surface area contributed by atoms with Gasteiger partial charge < -0.3 is 21.1 Å². The highest BCUT2D eigenvalue weighted by atomic mass is 16.5. The van der Waals surface area contributed by atoms with Crippen LogP contribution in [0.1, 0.15) is 44.5 Å². The second kappa shape index (κ2) is 9.84. The van der Waals surface area contributed by atoms with Crippen LogP contribution in [-0.4, -0.2) is 52.1 Å². The SMILES string of the molecule is CCN1CCc2cc(OC)c(Nc3nnc(C(N)=O)c(NC(=O)c4cccc(C)c4)n3)cc2C1. The molecule has 2 heterocycles. The van der Waals surface area contributed by atoms with Crippen LogP contribution in [0, 0.1) is 6.92 Å². The number of amides is 2. The fourth-order valence-corrected chi connectivity index (χ4v) is 3.90. The molecule has 0 spiro atoms. The van der Waals surface area contributed by atoms with Gasteiger partial charge in [0.2, 0.25) is 5.95 Å². The average molecular weight is 462 g/mol. The third-order valence-corrected chi connectivity index (χ3v) is 5.74. The van der Waals surface area contributed by atoms with E-state index in [0.717, 1.165) is 31.6 Å². The van der Waals surface area contributed by atoms with Gasteiger partial charge in [-0.1, -0.05) is 24.6 Å². The molecule has 1 aliphatic heterocycles. The minimum Gasteiger partial charge on any atom is -0.495 e. The lowest BCUT2D eigenvalue weighted by atomic mass is 9.98. The van der Waals surface area contributed by atoms with Gasteiger partial charge in [-0.2, -0.15) is 4.98 Å². The topological polar surface area (TPSA) is 135 Å². The number of nitrogens with zero attached hydrogens (tertiary/aromatic N) is 4. The van der Waals surface area contributed by atoms with Crippen molar-refractivity contribution in [2.45, 2.75) is 26.8 Å². The molecular weight excluding hydrogens is 434 g/mol. The molecule has 0 fully saturated rings. The van der Waals surface area contributed by atoms with E-state index < -0.39 is 11.8 Å². The Labute approximate surface area is 197 Å². The van der Waals surface area contributed by atoms with E-state index in [1.54, 1.807) is 25.3 Å². The molecule has 2 amide bonds. The van der Waals surface area contributed by atoms with Crippen molar-refractivity contribution in [3.63, 3.8) is 0 Å². The number of carbonyl (C=O) groups excluding carboxylic acids is 2. The zero-order chi connectivity index (χ0) is 24.2. The molecular formula is C24H27N7O3. The number of ether oxygens (including phenoxy) is 1. The highest BCUT2D eigenvalue weighted by molar-refractivity contribution is 6.07. The second-order valence-corrected chi connectivity index (χ2v) is 8.09. The standard InChI is InChI=1S/C24H27N7O3/c1-4-31-9-8-15-12-19(34-3)18(11-17(15)13-31)26-24-28-22(20(21(25)32)29-30-24)27-23(33)16-7-5-6-14(2)10-16/h5-7,10-12H,4,8-9,13H2,1-3H3,(H2,25,32)(H2,26,27,28,30,33). The van der Waals surface area contributed by atoms with Crippen LogP contribution in [0.25, 0.3) is 0 Å². The summed E-state index contributed by atoms with van der Waals surface area (Å²) < 4.78 is 5.57. The largest absolute Gasteiger partial charge is 0.495 e. The van der Waals surface area contributed by atoms with Crippen LogP contribution in [0.4, 0.5) is 17.5 Å². The fraction of sp³-hybridized carbons (Fsp3) is 0.292. The minimum atomic E-state index is -0.850. The van der Waals surface area contributed by atoms with Gasteiger partial charge in [-0.05, 0) is 55.3 Å². The Morgan fingerprint density at radius 2 is 2.00 bits per heavy atom. The van der Waals surface area contributed by atoms with Crippen molar-refractivity contribution in [3.05, 3.63) is 64.3 Å². The summed E-state index contributed by atoms with van der Waals surface area (Å²) in [6.07, 6.45) is 0.945. The van der Waals surface area contributed by atoms with Gasteiger partial charge in [0.1, 0.15) is 5.75 Å². The summed E-state index contributed by atoms with van der Waals surface area (Å²) in [5.74, 6) is -0.644. The minimum absolute atomic E-state index is 0.0782. The van der Waals surface area contributed by atoms with E-state index in [1.165, 1.54) is 11.1 Å². The number of anilines is 3. The summed E-state index contributed by atoms with van der Waals surface area (Å²) in [5, 5.41) is 13.6. The van der Waals surface area contributed by atoms with Crippen LogP contribution in [0.3, 0.4) is 0 Å². The first-order chi connectivity index (χ1) is 16.4. The zero-order valence-corrected chi connectivity index (χ0v) is 19.4. The predicted octanol–water partition coefficient (Wildman–Crippen LogP) is 2.66. The predicted molar refractivity (Wildman–Crippen MR) is 128 cm³/mol. The Bertz CT molecular complexity index is 1250. The maximum absolute atomic E-state index is 12.7. The van der Waals surface area contributed by atoms with Gasteiger partial charge in [-0.3, -0.25) is 14.5 Å². The second-order valence-electron chi connectivity index (χ2n) is 8.09. The van der Waals surface area contributed by atoms with Crippen LogP contribution in [-0.2, 0) is 13.0 Å². The van der Waals surface area contributed by atoms with Crippen molar-refractivity contribution in [1.29, 1.82) is 0 Å². The van der Waals surface area contributed by atoms with E-state index in [1.807, 2.05) is 25.1 Å². The molecule has 0 aliphatic carbocycles. The highest BCUT2D eigenvalue weighted by Crippen LogP contribution is 2.33. The molecule has 34 heavy (non-hydrogen) atoms. The van der Waals surface area contributed by atoms with Gasteiger partial charge in [0.05, 0.1) is 12.8 Å². The number of primary amides is 1. The molecule has 10 heteroatoms. The van der Waals surface area contributed by atoms with Crippen molar-refractivity contribution in [1.82, 2.24) is 20.1 Å². The lowest BCUT2D eigenvalue weighted by molar-refractivity contribution is 0.0995. The van der Waals surface area contributed by atoms with Crippen LogP contribution >= 0.6 is 0 Å². The Hall–Kier alpha value is -4.05. The molecule has 0 atom stereocenters. The molecule has 4 N–H and O–H groups in total. The normalized spacial score (nSPS) is 13.1. The highest BCUT2D eigenvalue weighted by Gasteiger charge is 2.21. The summed E-state index contributed by atoms with van der Waals surface area (Å²) in [6.45, 7) is 6.83. The van der Waals surface area contributed by atoms with Gasteiger partial charge in [-0.25, -0.2) is 0 Å². The summed E-state index contributed by atoms with van der Waals surface area (Å²) in [7, 11) is 1.59. The molecule has 1 aliphatic rings. The van der Waals surface area contributed by atoms with E-state index in [9.17, 15) is 9.59 Å². The summed E-state index contributed by atoms with van der Waals surface area (Å²) in [5.41, 5.74) is 9.61. The molecule has 0 saturated heterocycles. The summed E-state index contributed by atoms with van der Waals surface area (Å²) in [6, 6.07) is 11.1. The average Bonchev–Trinajstić information content (AvgIpc) is 2.83. The Kier molecular flexibility index (Phi) is 6.69. The molecule has 2 aromatic carbocycles. The van der Waals surface area contributed by atoms with Crippen LogP contribution < -0.4 is 21.1 Å². The van der Waals surface area contributed by atoms with Crippen molar-refractivity contribution in [2.75, 3.05) is 30.8 Å². The van der Waals surface area contributed by atoms with Crippen LogP contribution in [0.2, 0.25) is 0 Å². The van der Waals surface area contributed by atoms with Crippen LogP contribution in [0.15, 0.2) is 36.4 Å². The number of aromatic nitrogens is 3. The van der Waals surface area contributed by atoms with E-state index in [4.69, 9.17) is 10.5 Å². The first-order valence-corrected chi connectivity index (χ1v) is 11.0. The van der Waals surface area contributed by atoms with E-state index in [2.05, 4.69) is 37.6 Å². The maximum atomic E-state index is 12.7. The van der Waals surface area contributed by atoms with Gasteiger partial charge >= 0.3 is 0 Å². The number of carbonyl (C=O) groups is 2. The number of benzene rings is 2. The van der Waals surface area contributed by atoms with Gasteiger partial charge in [0.25, 0.3) is 11.8 Å². The van der Waals surface area contributed by atoms with Crippen molar-refractivity contribution < 1.29 is 14.3 Å². The monoisotopic (exact) mass is 461 g/mol. The van der Waals surface area contributed by atoms with E-state index in [-0.39, 0.29) is 17.5 Å². The smallest absolute Gasteiger partial charge is 0.273 e. The number of nitrogens with two attached hydrogens (primary N) is 1. The number of aryl methyl sites for hydroxylation is 1. The quantitative estimate of drug-likeness (QED) is 0.489. The van der Waals surface area contributed by atoms with Gasteiger partial charge in [-0.15, -0.1) is 10.2 Å². The molecule has 0 radical (unpaired) electrons. The lowest BCUT2D eigenvalue weighted by Gasteiger charge is -2.28. The summed E-state index contributed by atoms with van der Waals surface area (Å²) in [4.78, 5) is 31.3. The van der Waals surface area contributed by atoms with Crippen LogP contribution in [0.5, 0.6) is 5.75 Å². The first kappa shape index (κ1) is 23.1. The summed E-state index contributed by atoms with van der Waals surface area (Å²) >= 11 is 0. The number of rotatable bonds is 7. The molecule has 0 unspecified atom stereocenters. The Morgan fingerprint density at radius 3 is 2.71 bits per heavy atom. The maximum Gasteiger partial charge on any atom is 0.273 e. The molecule has 1 aromatic heterocycles. The third kappa shape index (κ3) is 4.96. The third-order valence-electron chi connectivity index (χ3n) is 5.74. The van der Waals surface area contributed by atoms with E-state index >= 15 is 0 Å². The van der Waals surface area contributed by atoms with Crippen molar-refractivity contribution in [3.8, 4) is 5.75 Å². The fourth-order valence-electron chi connectivity index (χ4n) is 3.90. The van der Waals surface area contributed by atoms with Gasteiger partial charge in [0.15, 0.2) is 11.5 Å². The molecule has 176 valence electrons. The molecule has 0 bridgehead atoms. The van der Waals surface area contributed by atoms with E-state index in [0.29, 0.717) is 17.0 Å². The Balaban J connectivity index is 1.64. The number of nitrogens with one attached hydrogen (secondary N) is 2. The lowest BCUT2D eigenvalue weighted by Crippen LogP contribution is -2.30. The number of likely N-dealkylation sites (N-methyl/N-ethyl adjacent to an activating group) is 1. The first-order valence-electron chi connectivity index (χ1n) is 11.0. The number of hydrogen-bond donors (Lipinski definition) is 3. The number of hydrogen-bond acceptors (Lipinski definition) is 8.